The molecule has 3 nitrogen and oxygen atoms in total. The van der Waals surface area contributed by atoms with Gasteiger partial charge in [-0.25, -0.2) is 9.78 Å². The summed E-state index contributed by atoms with van der Waals surface area (Å²) in [6.07, 6.45) is 0. The average Bonchev–Trinajstić information content (AvgIpc) is 2.46. The number of pyridine rings is 1. The van der Waals surface area contributed by atoms with E-state index in [1.54, 1.807) is 6.07 Å². The van der Waals surface area contributed by atoms with Gasteiger partial charge in [0.15, 0.2) is 0 Å². The van der Waals surface area contributed by atoms with Crippen molar-refractivity contribution < 1.29 is 9.53 Å². The molecule has 1 heterocycles. The van der Waals surface area contributed by atoms with Crippen LogP contribution in [-0.4, -0.2) is 18.1 Å². The lowest BCUT2D eigenvalue weighted by molar-refractivity contribution is 0.0594. The molecule has 18 heavy (non-hydrogen) atoms. The number of nitrogens with zero attached hydrogens (tertiary/aromatic N) is 1. The summed E-state index contributed by atoms with van der Waals surface area (Å²) in [5.41, 5.74) is 2.84. The van der Waals surface area contributed by atoms with Crippen LogP contribution >= 0.6 is 11.6 Å². The Kier molecular flexibility index (Phi) is 3.95. The van der Waals surface area contributed by atoms with Crippen molar-refractivity contribution in [1.82, 2.24) is 4.98 Å². The van der Waals surface area contributed by atoms with Crippen LogP contribution in [0.25, 0.3) is 11.1 Å². The molecule has 92 valence electrons. The maximum atomic E-state index is 11.5. The molecule has 0 atom stereocenters. The molecule has 1 aromatic carbocycles. The standard InChI is InChI=1S/C14H12ClNO2/c1-18-14(17)13-8-11(7-12(9-15)16-13)10-5-3-2-4-6-10/h2-8H,9H2,1H3. The zero-order valence-electron chi connectivity index (χ0n) is 9.89. The van der Waals surface area contributed by atoms with Gasteiger partial charge in [0, 0.05) is 0 Å². The monoisotopic (exact) mass is 261 g/mol. The summed E-state index contributed by atoms with van der Waals surface area (Å²) in [5.74, 6) is -0.204. The number of hydrogen-bond donors (Lipinski definition) is 0. The van der Waals surface area contributed by atoms with Gasteiger partial charge in [0.25, 0.3) is 0 Å². The molecule has 0 bridgehead atoms. The fourth-order valence-corrected chi connectivity index (χ4v) is 1.80. The lowest BCUT2D eigenvalue weighted by Crippen LogP contribution is -2.06. The van der Waals surface area contributed by atoms with Gasteiger partial charge < -0.3 is 4.74 Å². The Bertz CT molecular complexity index is 555. The van der Waals surface area contributed by atoms with E-state index in [0.717, 1.165) is 11.1 Å². The van der Waals surface area contributed by atoms with Crippen molar-refractivity contribution in [3.63, 3.8) is 0 Å². The lowest BCUT2D eigenvalue weighted by atomic mass is 10.1. The smallest absolute Gasteiger partial charge is 0.356 e. The third kappa shape index (κ3) is 2.68. The van der Waals surface area contributed by atoms with Crippen molar-refractivity contribution in [2.24, 2.45) is 0 Å². The number of alkyl halides is 1. The number of halogens is 1. The Hall–Kier alpha value is -1.87. The maximum absolute atomic E-state index is 11.5. The van der Waals surface area contributed by atoms with Gasteiger partial charge in [-0.05, 0) is 23.3 Å². The maximum Gasteiger partial charge on any atom is 0.356 e. The van der Waals surface area contributed by atoms with Crippen LogP contribution in [0.2, 0.25) is 0 Å². The van der Waals surface area contributed by atoms with Crippen molar-refractivity contribution in [3.8, 4) is 11.1 Å². The van der Waals surface area contributed by atoms with E-state index < -0.39 is 5.97 Å². The van der Waals surface area contributed by atoms with E-state index in [-0.39, 0.29) is 11.6 Å². The molecule has 0 amide bonds. The zero-order valence-corrected chi connectivity index (χ0v) is 10.6. The number of carbonyl (C=O) groups is 1. The molecule has 0 aliphatic heterocycles. The highest BCUT2D eigenvalue weighted by atomic mass is 35.5. The Labute approximate surface area is 110 Å². The number of ether oxygens (including phenoxy) is 1. The number of aromatic nitrogens is 1. The summed E-state index contributed by atoms with van der Waals surface area (Å²) >= 11 is 5.79. The minimum absolute atomic E-state index is 0.255. The molecule has 0 fully saturated rings. The summed E-state index contributed by atoms with van der Waals surface area (Å²) < 4.78 is 4.68. The van der Waals surface area contributed by atoms with E-state index in [4.69, 9.17) is 11.6 Å². The van der Waals surface area contributed by atoms with Crippen LogP contribution in [0.4, 0.5) is 0 Å². The molecule has 0 aliphatic rings. The normalized spacial score (nSPS) is 10.1. The van der Waals surface area contributed by atoms with Gasteiger partial charge in [0.2, 0.25) is 0 Å². The van der Waals surface area contributed by atoms with E-state index in [2.05, 4.69) is 9.72 Å². The van der Waals surface area contributed by atoms with Crippen LogP contribution < -0.4 is 0 Å². The second-order valence-corrected chi connectivity index (χ2v) is 3.99. The van der Waals surface area contributed by atoms with E-state index in [1.807, 2.05) is 36.4 Å². The molecule has 0 aliphatic carbocycles. The highest BCUT2D eigenvalue weighted by molar-refractivity contribution is 6.17. The number of benzene rings is 1. The third-order valence-electron chi connectivity index (χ3n) is 2.52. The van der Waals surface area contributed by atoms with E-state index >= 15 is 0 Å². The number of hydrogen-bond acceptors (Lipinski definition) is 3. The summed E-state index contributed by atoms with van der Waals surface area (Å²) in [4.78, 5) is 15.7. The van der Waals surface area contributed by atoms with E-state index in [0.29, 0.717) is 5.69 Å². The van der Waals surface area contributed by atoms with E-state index in [1.165, 1.54) is 7.11 Å². The molecule has 0 radical (unpaired) electrons. The minimum atomic E-state index is -0.459. The number of esters is 1. The van der Waals surface area contributed by atoms with Gasteiger partial charge in [-0.3, -0.25) is 0 Å². The summed E-state index contributed by atoms with van der Waals surface area (Å²) in [5, 5.41) is 0. The Morgan fingerprint density at radius 2 is 1.94 bits per heavy atom. The molecular formula is C14H12ClNO2. The first-order valence-electron chi connectivity index (χ1n) is 5.45. The van der Waals surface area contributed by atoms with Gasteiger partial charge in [0.05, 0.1) is 18.7 Å². The van der Waals surface area contributed by atoms with Crippen LogP contribution in [0.3, 0.4) is 0 Å². The lowest BCUT2D eigenvalue weighted by Gasteiger charge is -2.06. The average molecular weight is 262 g/mol. The number of carbonyl (C=O) groups excluding carboxylic acids is 1. The van der Waals surface area contributed by atoms with Crippen molar-refractivity contribution in [1.29, 1.82) is 0 Å². The fourth-order valence-electron chi connectivity index (χ4n) is 1.66. The summed E-state index contributed by atoms with van der Waals surface area (Å²) in [6, 6.07) is 13.3. The molecule has 4 heteroatoms. The van der Waals surface area contributed by atoms with Crippen molar-refractivity contribution in [3.05, 3.63) is 53.9 Å². The first kappa shape index (κ1) is 12.6. The second-order valence-electron chi connectivity index (χ2n) is 3.72. The van der Waals surface area contributed by atoms with Crippen molar-refractivity contribution >= 4 is 17.6 Å². The Balaban J connectivity index is 2.51. The van der Waals surface area contributed by atoms with Crippen LogP contribution in [0.15, 0.2) is 42.5 Å². The molecule has 2 aromatic rings. The molecule has 2 rings (SSSR count). The highest BCUT2D eigenvalue weighted by Gasteiger charge is 2.11. The van der Waals surface area contributed by atoms with Crippen molar-refractivity contribution in [2.75, 3.05) is 7.11 Å². The number of rotatable bonds is 3. The zero-order chi connectivity index (χ0) is 13.0. The molecule has 0 saturated carbocycles. The summed E-state index contributed by atoms with van der Waals surface area (Å²) in [7, 11) is 1.33. The quantitative estimate of drug-likeness (QED) is 0.629. The number of methoxy groups -OCH3 is 1. The van der Waals surface area contributed by atoms with Crippen LogP contribution in [0, 0.1) is 0 Å². The topological polar surface area (TPSA) is 39.2 Å². The molecule has 0 saturated heterocycles. The predicted molar refractivity (Wildman–Crippen MR) is 70.6 cm³/mol. The first-order chi connectivity index (χ1) is 8.74. The van der Waals surface area contributed by atoms with Gasteiger partial charge in [0.1, 0.15) is 5.69 Å². The Morgan fingerprint density at radius 3 is 2.56 bits per heavy atom. The summed E-state index contributed by atoms with van der Waals surface area (Å²) in [6.45, 7) is 0. The predicted octanol–water partition coefficient (Wildman–Crippen LogP) is 3.27. The fraction of sp³-hybridized carbons (Fsp3) is 0.143. The molecule has 0 unspecified atom stereocenters. The molecule has 1 aromatic heterocycles. The SMILES string of the molecule is COC(=O)c1cc(-c2ccccc2)cc(CCl)n1. The van der Waals surface area contributed by atoms with Gasteiger partial charge in [-0.15, -0.1) is 11.6 Å². The largest absolute Gasteiger partial charge is 0.464 e. The second kappa shape index (κ2) is 5.65. The van der Waals surface area contributed by atoms with Crippen LogP contribution in [0.1, 0.15) is 16.2 Å². The van der Waals surface area contributed by atoms with Crippen LogP contribution in [-0.2, 0) is 10.6 Å². The first-order valence-corrected chi connectivity index (χ1v) is 5.98. The van der Waals surface area contributed by atoms with Gasteiger partial charge in [-0.2, -0.15) is 0 Å². The van der Waals surface area contributed by atoms with Gasteiger partial charge in [-0.1, -0.05) is 30.3 Å². The minimum Gasteiger partial charge on any atom is -0.464 e. The van der Waals surface area contributed by atoms with Crippen LogP contribution in [0.5, 0.6) is 0 Å². The molecule has 0 spiro atoms. The van der Waals surface area contributed by atoms with Gasteiger partial charge >= 0.3 is 5.97 Å². The molecular weight excluding hydrogens is 250 g/mol. The van der Waals surface area contributed by atoms with E-state index in [9.17, 15) is 4.79 Å². The third-order valence-corrected chi connectivity index (χ3v) is 2.79. The Morgan fingerprint density at radius 1 is 1.22 bits per heavy atom. The highest BCUT2D eigenvalue weighted by Crippen LogP contribution is 2.21. The molecule has 0 N–H and O–H groups in total. The van der Waals surface area contributed by atoms with Crippen molar-refractivity contribution in [2.45, 2.75) is 5.88 Å².